The molecule has 20 heavy (non-hydrogen) atoms. The van der Waals surface area contributed by atoms with Crippen molar-refractivity contribution in [1.82, 2.24) is 4.90 Å². The number of hydrogen-bond donors (Lipinski definition) is 1. The predicted molar refractivity (Wildman–Crippen MR) is 77.9 cm³/mol. The normalized spacial score (nSPS) is 15.6. The zero-order chi connectivity index (χ0) is 14.5. The molecule has 0 saturated carbocycles. The van der Waals surface area contributed by atoms with Gasteiger partial charge in [-0.05, 0) is 23.6 Å². The third-order valence-corrected chi connectivity index (χ3v) is 3.29. The zero-order valence-corrected chi connectivity index (χ0v) is 12.3. The number of benzene rings is 1. The second-order valence-corrected chi connectivity index (χ2v) is 5.26. The molecule has 0 aromatic heterocycles. The first kappa shape index (κ1) is 14.8. The molecule has 1 fully saturated rings. The second-order valence-electron chi connectivity index (χ2n) is 5.26. The number of amides is 2. The summed E-state index contributed by atoms with van der Waals surface area (Å²) in [5.41, 5.74) is 2.05. The Bertz CT molecular complexity index is 439. The van der Waals surface area contributed by atoms with Gasteiger partial charge < -0.3 is 19.7 Å². The van der Waals surface area contributed by atoms with Crippen LogP contribution < -0.4 is 5.32 Å². The van der Waals surface area contributed by atoms with Crippen molar-refractivity contribution in [2.45, 2.75) is 26.1 Å². The van der Waals surface area contributed by atoms with Crippen LogP contribution in [-0.2, 0) is 9.47 Å². The fraction of sp³-hybridized carbons (Fsp3) is 0.533. The largest absolute Gasteiger partial charge is 0.348 e. The number of hydrogen-bond acceptors (Lipinski definition) is 3. The van der Waals surface area contributed by atoms with Crippen LogP contribution in [-0.4, -0.2) is 44.0 Å². The van der Waals surface area contributed by atoms with Crippen molar-refractivity contribution >= 4 is 11.7 Å². The van der Waals surface area contributed by atoms with Gasteiger partial charge in [0.25, 0.3) is 0 Å². The van der Waals surface area contributed by atoms with Crippen LogP contribution >= 0.6 is 0 Å². The highest BCUT2D eigenvalue weighted by atomic mass is 16.7. The third-order valence-electron chi connectivity index (χ3n) is 3.29. The summed E-state index contributed by atoms with van der Waals surface area (Å²) in [6, 6.07) is 7.74. The van der Waals surface area contributed by atoms with E-state index >= 15 is 0 Å². The van der Waals surface area contributed by atoms with Crippen molar-refractivity contribution in [1.29, 1.82) is 0 Å². The summed E-state index contributed by atoms with van der Waals surface area (Å²) in [5, 5.41) is 2.86. The average Bonchev–Trinajstić information content (AvgIpc) is 2.92. The van der Waals surface area contributed by atoms with Crippen LogP contribution in [0.1, 0.15) is 25.3 Å². The quantitative estimate of drug-likeness (QED) is 0.921. The highest BCUT2D eigenvalue weighted by Gasteiger charge is 2.20. The Hall–Kier alpha value is -1.59. The molecule has 1 aliphatic heterocycles. The Morgan fingerprint density at radius 1 is 1.30 bits per heavy atom. The van der Waals surface area contributed by atoms with E-state index in [0.717, 1.165) is 5.69 Å². The van der Waals surface area contributed by atoms with E-state index in [9.17, 15) is 4.79 Å². The topological polar surface area (TPSA) is 50.8 Å². The summed E-state index contributed by atoms with van der Waals surface area (Å²) in [7, 11) is 1.73. The van der Waals surface area contributed by atoms with Gasteiger partial charge in [0, 0.05) is 12.7 Å². The molecule has 5 heteroatoms. The molecule has 110 valence electrons. The van der Waals surface area contributed by atoms with E-state index in [4.69, 9.17) is 9.47 Å². The number of carbonyl (C=O) groups excluding carboxylic acids is 1. The maximum Gasteiger partial charge on any atom is 0.321 e. The molecule has 0 spiro atoms. The molecule has 1 aromatic rings. The van der Waals surface area contributed by atoms with Crippen LogP contribution in [0.5, 0.6) is 0 Å². The van der Waals surface area contributed by atoms with E-state index in [1.807, 2.05) is 24.3 Å². The number of likely N-dealkylation sites (N-methyl/N-ethyl adjacent to an activating group) is 1. The van der Waals surface area contributed by atoms with Crippen LogP contribution in [0, 0.1) is 0 Å². The number of ether oxygens (including phenoxy) is 2. The van der Waals surface area contributed by atoms with Gasteiger partial charge in [-0.3, -0.25) is 0 Å². The van der Waals surface area contributed by atoms with Crippen molar-refractivity contribution < 1.29 is 14.3 Å². The Morgan fingerprint density at radius 2 is 1.90 bits per heavy atom. The first-order chi connectivity index (χ1) is 9.56. The van der Waals surface area contributed by atoms with Crippen LogP contribution in [0.3, 0.4) is 0 Å². The molecule has 0 aliphatic carbocycles. The fourth-order valence-corrected chi connectivity index (χ4v) is 1.99. The molecule has 1 heterocycles. The minimum absolute atomic E-state index is 0.165. The summed E-state index contributed by atoms with van der Waals surface area (Å²) >= 11 is 0. The van der Waals surface area contributed by atoms with Gasteiger partial charge in [0.2, 0.25) is 0 Å². The van der Waals surface area contributed by atoms with E-state index in [0.29, 0.717) is 25.7 Å². The summed E-state index contributed by atoms with van der Waals surface area (Å²) < 4.78 is 10.6. The lowest BCUT2D eigenvalue weighted by Crippen LogP contribution is -2.37. The van der Waals surface area contributed by atoms with Crippen molar-refractivity contribution in [2.75, 3.05) is 32.1 Å². The average molecular weight is 278 g/mol. The molecule has 2 amide bonds. The highest BCUT2D eigenvalue weighted by Crippen LogP contribution is 2.17. The summed E-state index contributed by atoms with van der Waals surface area (Å²) in [6.07, 6.45) is -0.311. The van der Waals surface area contributed by atoms with E-state index in [-0.39, 0.29) is 12.3 Å². The van der Waals surface area contributed by atoms with Crippen molar-refractivity contribution in [3.8, 4) is 0 Å². The lowest BCUT2D eigenvalue weighted by molar-refractivity contribution is -0.0518. The third kappa shape index (κ3) is 3.95. The number of nitrogens with zero attached hydrogens (tertiary/aromatic N) is 1. The molecule has 0 radical (unpaired) electrons. The predicted octanol–water partition coefficient (Wildman–Crippen LogP) is 2.65. The first-order valence-electron chi connectivity index (χ1n) is 6.91. The van der Waals surface area contributed by atoms with Crippen LogP contribution in [0.25, 0.3) is 0 Å². The molecule has 1 aliphatic rings. The zero-order valence-electron chi connectivity index (χ0n) is 12.3. The molecule has 0 unspecified atom stereocenters. The van der Waals surface area contributed by atoms with Gasteiger partial charge in [-0.2, -0.15) is 0 Å². The van der Waals surface area contributed by atoms with Gasteiger partial charge in [-0.15, -0.1) is 0 Å². The maximum absolute atomic E-state index is 12.0. The SMILES string of the molecule is CC(C)c1ccc(NC(=O)N(C)CC2OCCO2)cc1. The van der Waals surface area contributed by atoms with Crippen LogP contribution in [0.4, 0.5) is 10.5 Å². The Labute approximate surface area is 119 Å². The number of urea groups is 1. The van der Waals surface area contributed by atoms with E-state index in [1.165, 1.54) is 5.56 Å². The molecule has 1 saturated heterocycles. The standard InChI is InChI=1S/C15H22N2O3/c1-11(2)12-4-6-13(7-5-12)16-15(18)17(3)10-14-19-8-9-20-14/h4-7,11,14H,8-10H2,1-3H3,(H,16,18). The number of carbonyl (C=O) groups is 1. The first-order valence-corrected chi connectivity index (χ1v) is 6.91. The summed E-state index contributed by atoms with van der Waals surface area (Å²) in [5.74, 6) is 0.485. The molecular weight excluding hydrogens is 256 g/mol. The van der Waals surface area contributed by atoms with Gasteiger partial charge >= 0.3 is 6.03 Å². The Morgan fingerprint density at radius 3 is 2.45 bits per heavy atom. The Balaban J connectivity index is 1.86. The highest BCUT2D eigenvalue weighted by molar-refractivity contribution is 5.89. The van der Waals surface area contributed by atoms with E-state index in [1.54, 1.807) is 11.9 Å². The van der Waals surface area contributed by atoms with E-state index < -0.39 is 0 Å². The molecule has 2 rings (SSSR count). The van der Waals surface area contributed by atoms with Gasteiger partial charge in [-0.1, -0.05) is 26.0 Å². The molecule has 0 bridgehead atoms. The molecule has 0 atom stereocenters. The van der Waals surface area contributed by atoms with Crippen LogP contribution in [0.2, 0.25) is 0 Å². The second kappa shape index (κ2) is 6.72. The fourth-order valence-electron chi connectivity index (χ4n) is 1.99. The van der Waals surface area contributed by atoms with E-state index in [2.05, 4.69) is 19.2 Å². The van der Waals surface area contributed by atoms with Gasteiger partial charge in [0.1, 0.15) is 0 Å². The summed E-state index contributed by atoms with van der Waals surface area (Å²) in [6.45, 7) is 5.90. The summed E-state index contributed by atoms with van der Waals surface area (Å²) in [4.78, 5) is 13.6. The number of nitrogens with one attached hydrogen (secondary N) is 1. The van der Waals surface area contributed by atoms with Crippen LogP contribution in [0.15, 0.2) is 24.3 Å². The van der Waals surface area contributed by atoms with Gasteiger partial charge in [0.15, 0.2) is 6.29 Å². The smallest absolute Gasteiger partial charge is 0.321 e. The Kier molecular flexibility index (Phi) is 4.98. The van der Waals surface area contributed by atoms with Crippen molar-refractivity contribution in [3.63, 3.8) is 0 Å². The van der Waals surface area contributed by atoms with Gasteiger partial charge in [-0.25, -0.2) is 4.79 Å². The molecular formula is C15H22N2O3. The molecule has 1 N–H and O–H groups in total. The minimum Gasteiger partial charge on any atom is -0.348 e. The van der Waals surface area contributed by atoms with Crippen molar-refractivity contribution in [3.05, 3.63) is 29.8 Å². The number of rotatable bonds is 4. The monoisotopic (exact) mass is 278 g/mol. The minimum atomic E-state index is -0.311. The number of anilines is 1. The maximum atomic E-state index is 12.0. The van der Waals surface area contributed by atoms with Crippen molar-refractivity contribution in [2.24, 2.45) is 0 Å². The lowest BCUT2D eigenvalue weighted by Gasteiger charge is -2.20. The van der Waals surface area contributed by atoms with Gasteiger partial charge in [0.05, 0.1) is 19.8 Å². The molecule has 1 aromatic carbocycles. The lowest BCUT2D eigenvalue weighted by atomic mass is 10.0. The molecule has 5 nitrogen and oxygen atoms in total.